The van der Waals surface area contributed by atoms with Gasteiger partial charge in [-0.15, -0.1) is 0 Å². The number of hydrogen-bond acceptors (Lipinski definition) is 3. The van der Waals surface area contributed by atoms with Crippen molar-refractivity contribution in [3.05, 3.63) is 70.2 Å². The highest BCUT2D eigenvalue weighted by atomic mass is 35.5. The van der Waals surface area contributed by atoms with Gasteiger partial charge in [0.05, 0.1) is 16.7 Å². The summed E-state index contributed by atoms with van der Waals surface area (Å²) >= 11 is 5.89. The molecule has 0 bridgehead atoms. The smallest absolute Gasteiger partial charge is 0.336 e. The van der Waals surface area contributed by atoms with Crippen molar-refractivity contribution in [3.63, 3.8) is 0 Å². The maximum atomic E-state index is 12.7. The molecule has 1 amide bonds. The summed E-state index contributed by atoms with van der Waals surface area (Å²) in [7, 11) is 0. The van der Waals surface area contributed by atoms with E-state index in [0.717, 1.165) is 5.56 Å². The highest BCUT2D eigenvalue weighted by molar-refractivity contribution is 6.30. The van der Waals surface area contributed by atoms with Crippen molar-refractivity contribution in [2.45, 2.75) is 18.4 Å². The van der Waals surface area contributed by atoms with Gasteiger partial charge in [0.1, 0.15) is 0 Å². The number of benzene rings is 2. The third-order valence-electron chi connectivity index (χ3n) is 4.65. The van der Waals surface area contributed by atoms with Gasteiger partial charge in [-0.3, -0.25) is 4.79 Å². The largest absolute Gasteiger partial charge is 0.478 e. The number of aromatic carboxylic acids is 1. The maximum absolute atomic E-state index is 12.7. The third kappa shape index (κ3) is 3.52. The predicted octanol–water partition coefficient (Wildman–Crippen LogP) is 3.16. The molecule has 3 rings (SSSR count). The number of carbonyl (C=O) groups excluding carboxylic acids is 1. The predicted molar refractivity (Wildman–Crippen MR) is 93.9 cm³/mol. The van der Waals surface area contributed by atoms with Gasteiger partial charge in [0.25, 0.3) is 5.91 Å². The molecule has 0 aromatic heterocycles. The average Bonchev–Trinajstić information content (AvgIpc) is 2.62. The monoisotopic (exact) mass is 359 g/mol. The zero-order valence-electron chi connectivity index (χ0n) is 13.5. The second-order valence-corrected chi connectivity index (χ2v) is 6.62. The molecule has 2 aromatic rings. The van der Waals surface area contributed by atoms with Crippen LogP contribution < -0.4 is 0 Å². The van der Waals surface area contributed by atoms with Crippen molar-refractivity contribution < 1.29 is 19.8 Å². The molecule has 25 heavy (non-hydrogen) atoms. The Balaban J connectivity index is 1.75. The Morgan fingerprint density at radius 2 is 1.52 bits per heavy atom. The van der Waals surface area contributed by atoms with E-state index in [-0.39, 0.29) is 17.0 Å². The molecule has 130 valence electrons. The Bertz CT molecular complexity index is 795. The van der Waals surface area contributed by atoms with Crippen LogP contribution in [-0.4, -0.2) is 40.1 Å². The number of rotatable bonds is 3. The molecule has 0 saturated carbocycles. The molecule has 0 aliphatic carbocycles. The molecule has 1 aliphatic rings. The number of amides is 1. The zero-order chi connectivity index (χ0) is 18.0. The highest BCUT2D eigenvalue weighted by Gasteiger charge is 2.36. The summed E-state index contributed by atoms with van der Waals surface area (Å²) in [6, 6.07) is 13.2. The second kappa shape index (κ2) is 6.86. The topological polar surface area (TPSA) is 77.8 Å². The average molecular weight is 360 g/mol. The summed E-state index contributed by atoms with van der Waals surface area (Å²) in [4.78, 5) is 25.6. The fourth-order valence-electron chi connectivity index (χ4n) is 3.15. The lowest BCUT2D eigenvalue weighted by Crippen LogP contribution is -2.45. The van der Waals surface area contributed by atoms with Gasteiger partial charge >= 0.3 is 5.97 Å². The van der Waals surface area contributed by atoms with Crippen LogP contribution in [-0.2, 0) is 5.60 Å². The second-order valence-electron chi connectivity index (χ2n) is 6.18. The first-order chi connectivity index (χ1) is 11.9. The minimum atomic E-state index is -1.13. The maximum Gasteiger partial charge on any atom is 0.336 e. The SMILES string of the molecule is O=C(O)c1ccccc1C(=O)N1CCC(O)(c2ccc(Cl)cc2)CC1. The van der Waals surface area contributed by atoms with Gasteiger partial charge < -0.3 is 15.1 Å². The van der Waals surface area contributed by atoms with Crippen molar-refractivity contribution in [1.29, 1.82) is 0 Å². The summed E-state index contributed by atoms with van der Waals surface area (Å²) in [5, 5.41) is 20.7. The molecule has 1 fully saturated rings. The van der Waals surface area contributed by atoms with Crippen LogP contribution in [0.3, 0.4) is 0 Å². The van der Waals surface area contributed by atoms with Crippen molar-refractivity contribution in [3.8, 4) is 0 Å². The van der Waals surface area contributed by atoms with E-state index >= 15 is 0 Å². The van der Waals surface area contributed by atoms with Crippen molar-refractivity contribution in [2.24, 2.45) is 0 Å². The first-order valence-electron chi connectivity index (χ1n) is 8.01. The molecule has 2 aromatic carbocycles. The van der Waals surface area contributed by atoms with Crippen LogP contribution in [0.15, 0.2) is 48.5 Å². The Labute approximate surface area is 150 Å². The summed E-state index contributed by atoms with van der Waals surface area (Å²) < 4.78 is 0. The molecular weight excluding hydrogens is 342 g/mol. The van der Waals surface area contributed by atoms with Crippen LogP contribution in [0.5, 0.6) is 0 Å². The third-order valence-corrected chi connectivity index (χ3v) is 4.90. The number of carbonyl (C=O) groups is 2. The van der Waals surface area contributed by atoms with Crippen molar-refractivity contribution in [2.75, 3.05) is 13.1 Å². The van der Waals surface area contributed by atoms with E-state index in [2.05, 4.69) is 0 Å². The molecule has 1 aliphatic heterocycles. The number of aliphatic hydroxyl groups is 1. The van der Waals surface area contributed by atoms with Gasteiger partial charge in [-0.2, -0.15) is 0 Å². The number of hydrogen-bond donors (Lipinski definition) is 2. The molecular formula is C19H18ClNO4. The Morgan fingerprint density at radius 3 is 2.08 bits per heavy atom. The fourth-order valence-corrected chi connectivity index (χ4v) is 3.28. The molecule has 0 atom stereocenters. The zero-order valence-corrected chi connectivity index (χ0v) is 14.2. The van der Waals surface area contributed by atoms with Gasteiger partial charge in [-0.1, -0.05) is 35.9 Å². The van der Waals surface area contributed by atoms with Crippen molar-refractivity contribution >= 4 is 23.5 Å². The number of likely N-dealkylation sites (tertiary alicyclic amines) is 1. The Morgan fingerprint density at radius 1 is 0.960 bits per heavy atom. The lowest BCUT2D eigenvalue weighted by atomic mass is 9.84. The minimum absolute atomic E-state index is 0.00830. The normalized spacial score (nSPS) is 16.5. The number of nitrogens with zero attached hydrogens (tertiary/aromatic N) is 1. The fraction of sp³-hybridized carbons (Fsp3) is 0.263. The van der Waals surface area contributed by atoms with E-state index in [1.54, 1.807) is 41.3 Å². The number of carboxylic acid groups (broad SMARTS) is 1. The molecule has 6 heteroatoms. The molecule has 2 N–H and O–H groups in total. The van der Waals surface area contributed by atoms with Crippen LogP contribution in [0.4, 0.5) is 0 Å². The van der Waals surface area contributed by atoms with Crippen LogP contribution in [0.25, 0.3) is 0 Å². The molecule has 0 spiro atoms. The number of piperidine rings is 1. The quantitative estimate of drug-likeness (QED) is 0.882. The number of carboxylic acids is 1. The summed E-state index contributed by atoms with van der Waals surface area (Å²) in [5.41, 5.74) is -0.0684. The van der Waals surface area contributed by atoms with Crippen LogP contribution in [0, 0.1) is 0 Å². The molecule has 1 heterocycles. The number of halogens is 1. The van der Waals surface area contributed by atoms with E-state index in [1.807, 2.05) is 0 Å². The van der Waals surface area contributed by atoms with Crippen molar-refractivity contribution in [1.82, 2.24) is 4.90 Å². The molecule has 0 radical (unpaired) electrons. The standard InChI is InChI=1S/C19H18ClNO4/c20-14-7-5-13(6-8-14)19(25)9-11-21(12-10-19)17(22)15-3-1-2-4-16(15)18(23)24/h1-8,25H,9-12H2,(H,23,24). The Kier molecular flexibility index (Phi) is 4.79. The van der Waals surface area contributed by atoms with Gasteiger partial charge in [0.15, 0.2) is 0 Å². The van der Waals surface area contributed by atoms with Crippen LogP contribution in [0.2, 0.25) is 5.02 Å². The summed E-state index contributed by atoms with van der Waals surface area (Å²) in [6.45, 7) is 0.706. The molecule has 0 unspecified atom stereocenters. The van der Waals surface area contributed by atoms with E-state index in [1.165, 1.54) is 12.1 Å². The Hall–Kier alpha value is -2.37. The van der Waals surface area contributed by atoms with Crippen LogP contribution >= 0.6 is 11.6 Å². The minimum Gasteiger partial charge on any atom is -0.478 e. The van der Waals surface area contributed by atoms with Gasteiger partial charge in [-0.25, -0.2) is 4.79 Å². The highest BCUT2D eigenvalue weighted by Crippen LogP contribution is 2.34. The molecule has 1 saturated heterocycles. The lowest BCUT2D eigenvalue weighted by molar-refractivity contribution is -0.0212. The lowest BCUT2D eigenvalue weighted by Gasteiger charge is -2.38. The molecule has 5 nitrogen and oxygen atoms in total. The van der Waals surface area contributed by atoms with E-state index in [4.69, 9.17) is 11.6 Å². The van der Waals surface area contributed by atoms with E-state index in [9.17, 15) is 19.8 Å². The van der Waals surface area contributed by atoms with E-state index < -0.39 is 11.6 Å². The van der Waals surface area contributed by atoms with Crippen LogP contribution in [0.1, 0.15) is 39.1 Å². The van der Waals surface area contributed by atoms with E-state index in [0.29, 0.717) is 31.0 Å². The first-order valence-corrected chi connectivity index (χ1v) is 8.38. The summed E-state index contributed by atoms with van der Waals surface area (Å²) in [5.74, 6) is -1.45. The van der Waals surface area contributed by atoms with Gasteiger partial charge in [0, 0.05) is 18.1 Å². The van der Waals surface area contributed by atoms with Gasteiger partial charge in [-0.05, 0) is 42.7 Å². The van der Waals surface area contributed by atoms with Gasteiger partial charge in [0.2, 0.25) is 0 Å². The summed E-state index contributed by atoms with van der Waals surface area (Å²) in [6.07, 6.45) is 0.769. The first kappa shape index (κ1) is 17.5.